The Morgan fingerprint density at radius 1 is 1.16 bits per heavy atom. The van der Waals surface area contributed by atoms with E-state index in [2.05, 4.69) is 0 Å². The van der Waals surface area contributed by atoms with Gasteiger partial charge in [0.25, 0.3) is 17.2 Å². The molecule has 3 nitrogen and oxygen atoms in total. The van der Waals surface area contributed by atoms with Gasteiger partial charge in [0.1, 0.15) is 5.56 Å². The molecule has 0 aromatic heterocycles. The fraction of sp³-hybridized carbons (Fsp3) is 0. The van der Waals surface area contributed by atoms with Crippen LogP contribution >= 0.6 is 11.6 Å². The lowest BCUT2D eigenvalue weighted by Gasteiger charge is -2.02. The summed E-state index contributed by atoms with van der Waals surface area (Å²) in [6, 6.07) is 10.3. The van der Waals surface area contributed by atoms with Crippen molar-refractivity contribution >= 4 is 28.8 Å². The number of hydrogen-bond donors (Lipinski definition) is 0. The monoisotopic (exact) mass is 275 g/mol. The molecule has 1 aliphatic rings. The molecule has 0 bridgehead atoms. The van der Waals surface area contributed by atoms with E-state index < -0.39 is 11.6 Å². The maximum Gasteiger partial charge on any atom is 0.273 e. The van der Waals surface area contributed by atoms with Crippen molar-refractivity contribution in [1.82, 2.24) is 0 Å². The first kappa shape index (κ1) is 11.9. The number of ketones is 1. The first-order valence-electron chi connectivity index (χ1n) is 5.53. The molecule has 0 atom stereocenters. The largest absolute Gasteiger partial charge is 0.618 e. The van der Waals surface area contributed by atoms with Crippen molar-refractivity contribution in [2.75, 3.05) is 0 Å². The Morgan fingerprint density at radius 3 is 2.58 bits per heavy atom. The van der Waals surface area contributed by atoms with Gasteiger partial charge in [0.05, 0.1) is 5.56 Å². The minimum atomic E-state index is -0.710. The lowest BCUT2D eigenvalue weighted by molar-refractivity contribution is -0.358. The van der Waals surface area contributed by atoms with Gasteiger partial charge in [-0.15, -0.1) is 0 Å². The standard InChI is InChI=1S/C14H7ClFNO2/c15-9-4-1-3-8(7-9)12-14(18)10-5-2-6-11(16)13(10)17(12)19/h1-7H. The van der Waals surface area contributed by atoms with Crippen molar-refractivity contribution in [1.29, 1.82) is 0 Å². The molecule has 0 spiro atoms. The second-order valence-corrected chi connectivity index (χ2v) is 4.55. The predicted molar refractivity (Wildman–Crippen MR) is 69.6 cm³/mol. The number of halogens is 2. The highest BCUT2D eigenvalue weighted by atomic mass is 35.5. The lowest BCUT2D eigenvalue weighted by Crippen LogP contribution is -2.16. The molecule has 0 N–H and O–H groups in total. The van der Waals surface area contributed by atoms with Crippen LogP contribution in [0.4, 0.5) is 10.1 Å². The number of Topliss-reactive ketones (excluding diaryl/α,β-unsaturated/α-hetero) is 1. The molecule has 94 valence electrons. The minimum Gasteiger partial charge on any atom is -0.618 e. The van der Waals surface area contributed by atoms with E-state index in [0.29, 0.717) is 15.3 Å². The molecule has 0 unspecified atom stereocenters. The molecule has 0 saturated carbocycles. The average Bonchev–Trinajstić information content (AvgIpc) is 2.63. The van der Waals surface area contributed by atoms with E-state index in [1.54, 1.807) is 18.2 Å². The van der Waals surface area contributed by atoms with Crippen molar-refractivity contribution in [3.8, 4) is 0 Å². The van der Waals surface area contributed by atoms with Gasteiger partial charge in [-0.05, 0) is 30.3 Å². The van der Waals surface area contributed by atoms with Crippen LogP contribution in [0.15, 0.2) is 42.5 Å². The molecular formula is C14H7ClFNO2. The molecular weight excluding hydrogens is 269 g/mol. The van der Waals surface area contributed by atoms with Crippen molar-refractivity contribution in [3.05, 3.63) is 69.6 Å². The van der Waals surface area contributed by atoms with E-state index in [4.69, 9.17) is 11.6 Å². The van der Waals surface area contributed by atoms with Gasteiger partial charge >= 0.3 is 0 Å². The highest BCUT2D eigenvalue weighted by Gasteiger charge is 2.38. The summed E-state index contributed by atoms with van der Waals surface area (Å²) in [6.07, 6.45) is 0. The predicted octanol–water partition coefficient (Wildman–Crippen LogP) is 3.31. The summed E-state index contributed by atoms with van der Waals surface area (Å²) in [4.78, 5) is 12.2. The van der Waals surface area contributed by atoms with E-state index >= 15 is 0 Å². The van der Waals surface area contributed by atoms with Gasteiger partial charge in [0, 0.05) is 5.02 Å². The highest BCUT2D eigenvalue weighted by Crippen LogP contribution is 2.30. The van der Waals surface area contributed by atoms with Crippen LogP contribution in [0, 0.1) is 11.0 Å². The molecule has 0 radical (unpaired) electrons. The van der Waals surface area contributed by atoms with E-state index in [1.165, 1.54) is 18.2 Å². The Labute approximate surface area is 113 Å². The number of carbonyl (C=O) groups excluding carboxylic acids is 1. The Morgan fingerprint density at radius 2 is 1.89 bits per heavy atom. The number of nitrogens with zero attached hydrogens (tertiary/aromatic N) is 1. The van der Waals surface area contributed by atoms with Crippen molar-refractivity contribution in [2.45, 2.75) is 0 Å². The third kappa shape index (κ3) is 1.72. The van der Waals surface area contributed by atoms with Crippen LogP contribution in [-0.4, -0.2) is 16.2 Å². The van der Waals surface area contributed by atoms with Crippen molar-refractivity contribution < 1.29 is 13.9 Å². The Hall–Kier alpha value is -2.20. The molecule has 0 aliphatic carbocycles. The second kappa shape index (κ2) is 4.17. The first-order valence-corrected chi connectivity index (χ1v) is 5.91. The van der Waals surface area contributed by atoms with Gasteiger partial charge in [-0.25, -0.2) is 0 Å². The van der Waals surface area contributed by atoms with E-state index in [9.17, 15) is 14.4 Å². The molecule has 0 saturated heterocycles. The summed E-state index contributed by atoms with van der Waals surface area (Å²) < 4.78 is 14.0. The summed E-state index contributed by atoms with van der Waals surface area (Å²) in [5, 5.41) is 12.5. The molecule has 1 heterocycles. The molecule has 0 fully saturated rings. The zero-order valence-corrected chi connectivity index (χ0v) is 10.3. The van der Waals surface area contributed by atoms with E-state index in [1.807, 2.05) is 0 Å². The van der Waals surface area contributed by atoms with Gasteiger partial charge in [-0.2, -0.15) is 9.13 Å². The summed E-state index contributed by atoms with van der Waals surface area (Å²) in [6.45, 7) is 0. The van der Waals surface area contributed by atoms with E-state index in [-0.39, 0.29) is 17.0 Å². The van der Waals surface area contributed by atoms with Gasteiger partial charge in [0.2, 0.25) is 0 Å². The second-order valence-electron chi connectivity index (χ2n) is 4.12. The minimum absolute atomic E-state index is 0.0741. The summed E-state index contributed by atoms with van der Waals surface area (Å²) >= 11 is 5.84. The van der Waals surface area contributed by atoms with Gasteiger partial charge in [-0.1, -0.05) is 23.7 Å². The molecule has 5 heteroatoms. The van der Waals surface area contributed by atoms with Crippen LogP contribution in [0.2, 0.25) is 5.02 Å². The summed E-state index contributed by atoms with van der Waals surface area (Å²) in [5.74, 6) is -1.20. The molecule has 2 aromatic carbocycles. The number of para-hydroxylation sites is 1. The smallest absolute Gasteiger partial charge is 0.273 e. The van der Waals surface area contributed by atoms with Crippen LogP contribution in [0.5, 0.6) is 0 Å². The Kier molecular flexibility index (Phi) is 2.61. The zero-order valence-electron chi connectivity index (χ0n) is 9.56. The summed E-state index contributed by atoms with van der Waals surface area (Å²) in [5.41, 5.74) is 0.109. The van der Waals surface area contributed by atoms with Crippen LogP contribution in [0.3, 0.4) is 0 Å². The first-order chi connectivity index (χ1) is 9.09. The normalized spacial score (nSPS) is 13.9. The maximum absolute atomic E-state index is 13.6. The fourth-order valence-corrected chi connectivity index (χ4v) is 2.31. The van der Waals surface area contributed by atoms with Gasteiger partial charge in [-0.3, -0.25) is 4.79 Å². The zero-order chi connectivity index (χ0) is 13.6. The third-order valence-electron chi connectivity index (χ3n) is 2.95. The maximum atomic E-state index is 13.6. The molecule has 0 amide bonds. The third-order valence-corrected chi connectivity index (χ3v) is 3.19. The number of hydrogen-bond acceptors (Lipinski definition) is 2. The highest BCUT2D eigenvalue weighted by molar-refractivity contribution is 6.52. The quantitative estimate of drug-likeness (QED) is 0.592. The van der Waals surface area contributed by atoms with Crippen LogP contribution < -0.4 is 0 Å². The van der Waals surface area contributed by atoms with Gasteiger partial charge < -0.3 is 5.21 Å². The molecule has 19 heavy (non-hydrogen) atoms. The van der Waals surface area contributed by atoms with Crippen molar-refractivity contribution in [3.63, 3.8) is 0 Å². The molecule has 2 aromatic rings. The lowest BCUT2D eigenvalue weighted by atomic mass is 10.0. The number of fused-ring (bicyclic) bond motifs is 1. The van der Waals surface area contributed by atoms with Crippen LogP contribution in [0.25, 0.3) is 0 Å². The number of benzene rings is 2. The van der Waals surface area contributed by atoms with E-state index in [0.717, 1.165) is 6.07 Å². The SMILES string of the molecule is O=C1C(c2cccc(Cl)c2)=[N+]([O-])c2c(F)cccc21. The van der Waals surface area contributed by atoms with Crippen LogP contribution in [-0.2, 0) is 0 Å². The number of carbonyl (C=O) groups is 1. The van der Waals surface area contributed by atoms with Crippen LogP contribution in [0.1, 0.15) is 15.9 Å². The fourth-order valence-electron chi connectivity index (χ4n) is 2.12. The number of rotatable bonds is 1. The molecule has 3 rings (SSSR count). The summed E-state index contributed by atoms with van der Waals surface area (Å²) in [7, 11) is 0. The van der Waals surface area contributed by atoms with Gasteiger partial charge in [0.15, 0.2) is 5.82 Å². The van der Waals surface area contributed by atoms with Crippen molar-refractivity contribution in [2.24, 2.45) is 0 Å². The topological polar surface area (TPSA) is 43.1 Å². The average molecular weight is 276 g/mol. The Balaban J connectivity index is 2.25. The molecule has 1 aliphatic heterocycles. The Bertz CT molecular complexity index is 740.